The molecule has 2 aromatic rings. The van der Waals surface area contributed by atoms with Gasteiger partial charge in [0.25, 0.3) is 0 Å². The predicted octanol–water partition coefficient (Wildman–Crippen LogP) is 2.03. The zero-order valence-electron chi connectivity index (χ0n) is 9.15. The number of aliphatic hydroxyl groups is 1. The molecule has 0 saturated heterocycles. The highest BCUT2D eigenvalue weighted by Gasteiger charge is 2.10. The van der Waals surface area contributed by atoms with Gasteiger partial charge in [0.2, 0.25) is 0 Å². The van der Waals surface area contributed by atoms with Crippen LogP contribution < -0.4 is 0 Å². The van der Waals surface area contributed by atoms with E-state index in [0.29, 0.717) is 11.4 Å². The molecule has 0 aliphatic carbocycles. The van der Waals surface area contributed by atoms with Crippen molar-refractivity contribution in [3.05, 3.63) is 23.1 Å². The van der Waals surface area contributed by atoms with Crippen molar-refractivity contribution in [2.24, 2.45) is 0 Å². The molecule has 4 nitrogen and oxygen atoms in total. The molecule has 0 atom stereocenters. The number of fused-ring (bicyclic) bond motifs is 1. The second kappa shape index (κ2) is 4.80. The Hall–Kier alpha value is -1.13. The van der Waals surface area contributed by atoms with E-state index in [1.54, 1.807) is 6.20 Å². The number of hydrogen-bond acceptors (Lipinski definition) is 3. The number of halogens is 1. The third-order valence-corrected chi connectivity index (χ3v) is 2.69. The molecule has 0 aromatic carbocycles. The van der Waals surface area contributed by atoms with Crippen molar-refractivity contribution < 1.29 is 5.11 Å². The Bertz CT molecular complexity index is 495. The second-order valence-electron chi connectivity index (χ2n) is 3.61. The van der Waals surface area contributed by atoms with Crippen LogP contribution in [0.25, 0.3) is 11.2 Å². The summed E-state index contributed by atoms with van der Waals surface area (Å²) in [5.74, 6) is 0.984. The molecule has 2 aromatic heterocycles. The van der Waals surface area contributed by atoms with Crippen molar-refractivity contribution in [3.8, 4) is 0 Å². The smallest absolute Gasteiger partial charge is 0.160 e. The van der Waals surface area contributed by atoms with Crippen molar-refractivity contribution >= 4 is 22.8 Å². The van der Waals surface area contributed by atoms with Gasteiger partial charge >= 0.3 is 0 Å². The SMILES string of the molecule is CCc1nc2cc(Cl)cnc2n1CCCO. The van der Waals surface area contributed by atoms with Crippen molar-refractivity contribution in [2.45, 2.75) is 26.3 Å². The highest BCUT2D eigenvalue weighted by Crippen LogP contribution is 2.18. The lowest BCUT2D eigenvalue weighted by Gasteiger charge is -2.05. The maximum atomic E-state index is 8.87. The highest BCUT2D eigenvalue weighted by atomic mass is 35.5. The van der Waals surface area contributed by atoms with Crippen LogP contribution in [0.5, 0.6) is 0 Å². The van der Waals surface area contributed by atoms with Crippen LogP contribution in [0.1, 0.15) is 19.2 Å². The van der Waals surface area contributed by atoms with Gasteiger partial charge in [-0.1, -0.05) is 18.5 Å². The van der Waals surface area contributed by atoms with Crippen LogP contribution in [-0.4, -0.2) is 26.2 Å². The summed E-state index contributed by atoms with van der Waals surface area (Å²) in [7, 11) is 0. The summed E-state index contributed by atoms with van der Waals surface area (Å²) in [5, 5.41) is 9.47. The molecule has 0 amide bonds. The van der Waals surface area contributed by atoms with Crippen LogP contribution in [0.15, 0.2) is 12.3 Å². The van der Waals surface area contributed by atoms with Crippen LogP contribution in [0.3, 0.4) is 0 Å². The number of aryl methyl sites for hydroxylation is 2. The zero-order chi connectivity index (χ0) is 11.5. The maximum Gasteiger partial charge on any atom is 0.160 e. The number of rotatable bonds is 4. The van der Waals surface area contributed by atoms with Crippen LogP contribution in [0.4, 0.5) is 0 Å². The Morgan fingerprint density at radius 3 is 3.00 bits per heavy atom. The van der Waals surface area contributed by atoms with E-state index in [4.69, 9.17) is 16.7 Å². The molecule has 0 spiro atoms. The topological polar surface area (TPSA) is 50.9 Å². The first-order valence-electron chi connectivity index (χ1n) is 5.37. The van der Waals surface area contributed by atoms with Crippen molar-refractivity contribution in [3.63, 3.8) is 0 Å². The minimum Gasteiger partial charge on any atom is -0.396 e. The Morgan fingerprint density at radius 1 is 1.50 bits per heavy atom. The molecule has 0 fully saturated rings. The van der Waals surface area contributed by atoms with Crippen molar-refractivity contribution in [1.82, 2.24) is 14.5 Å². The molecule has 2 heterocycles. The predicted molar refractivity (Wildman–Crippen MR) is 63.6 cm³/mol. The summed E-state index contributed by atoms with van der Waals surface area (Å²) in [6.45, 7) is 2.97. The molecule has 0 saturated carbocycles. The minimum atomic E-state index is 0.177. The van der Waals surface area contributed by atoms with E-state index in [0.717, 1.165) is 30.0 Å². The first-order chi connectivity index (χ1) is 7.76. The average Bonchev–Trinajstić information content (AvgIpc) is 2.63. The maximum absolute atomic E-state index is 8.87. The van der Waals surface area contributed by atoms with Crippen LogP contribution in [-0.2, 0) is 13.0 Å². The number of imidazole rings is 1. The minimum absolute atomic E-state index is 0.177. The molecular formula is C11H14ClN3O. The van der Waals surface area contributed by atoms with Crippen LogP contribution in [0, 0.1) is 0 Å². The van der Waals surface area contributed by atoms with E-state index in [2.05, 4.69) is 16.9 Å². The normalized spacial score (nSPS) is 11.2. The Labute approximate surface area is 98.9 Å². The van der Waals surface area contributed by atoms with Gasteiger partial charge < -0.3 is 9.67 Å². The van der Waals surface area contributed by atoms with Crippen LogP contribution >= 0.6 is 11.6 Å². The van der Waals surface area contributed by atoms with Gasteiger partial charge in [-0.25, -0.2) is 9.97 Å². The Morgan fingerprint density at radius 2 is 2.31 bits per heavy atom. The second-order valence-corrected chi connectivity index (χ2v) is 4.04. The Kier molecular flexibility index (Phi) is 3.41. The van der Waals surface area contributed by atoms with Gasteiger partial charge in [-0.05, 0) is 12.5 Å². The number of hydrogen-bond donors (Lipinski definition) is 1. The van der Waals surface area contributed by atoms with Crippen molar-refractivity contribution in [1.29, 1.82) is 0 Å². The molecule has 0 bridgehead atoms. The van der Waals surface area contributed by atoms with Gasteiger partial charge in [-0.15, -0.1) is 0 Å². The molecule has 86 valence electrons. The van der Waals surface area contributed by atoms with E-state index in [9.17, 15) is 0 Å². The monoisotopic (exact) mass is 239 g/mol. The van der Waals surface area contributed by atoms with Gasteiger partial charge in [0.15, 0.2) is 5.65 Å². The number of aliphatic hydroxyl groups excluding tert-OH is 1. The first kappa shape index (κ1) is 11.4. The molecule has 0 aliphatic heterocycles. The largest absolute Gasteiger partial charge is 0.396 e. The van der Waals surface area contributed by atoms with E-state index in [1.807, 2.05) is 10.6 Å². The van der Waals surface area contributed by atoms with Gasteiger partial charge in [0, 0.05) is 25.8 Å². The molecule has 0 aliphatic rings. The molecule has 0 unspecified atom stereocenters. The summed E-state index contributed by atoms with van der Waals surface area (Å²) < 4.78 is 2.04. The lowest BCUT2D eigenvalue weighted by Crippen LogP contribution is -2.05. The fraction of sp³-hybridized carbons (Fsp3) is 0.455. The van der Waals surface area contributed by atoms with E-state index in [1.165, 1.54) is 0 Å². The molecule has 1 N–H and O–H groups in total. The first-order valence-corrected chi connectivity index (χ1v) is 5.75. The number of pyridine rings is 1. The van der Waals surface area contributed by atoms with Crippen LogP contribution in [0.2, 0.25) is 5.02 Å². The molecule has 16 heavy (non-hydrogen) atoms. The number of nitrogens with zero attached hydrogens (tertiary/aromatic N) is 3. The Balaban J connectivity index is 2.50. The zero-order valence-corrected chi connectivity index (χ0v) is 9.91. The number of aromatic nitrogens is 3. The third kappa shape index (κ3) is 2.03. The van der Waals surface area contributed by atoms with E-state index < -0.39 is 0 Å². The fourth-order valence-corrected chi connectivity index (χ4v) is 1.92. The van der Waals surface area contributed by atoms with Gasteiger partial charge in [-0.3, -0.25) is 0 Å². The summed E-state index contributed by atoms with van der Waals surface area (Å²) in [6, 6.07) is 1.82. The van der Waals surface area contributed by atoms with Crippen molar-refractivity contribution in [2.75, 3.05) is 6.61 Å². The van der Waals surface area contributed by atoms with E-state index >= 15 is 0 Å². The molecule has 0 radical (unpaired) electrons. The lowest BCUT2D eigenvalue weighted by molar-refractivity contribution is 0.279. The summed E-state index contributed by atoms with van der Waals surface area (Å²) in [4.78, 5) is 8.77. The summed E-state index contributed by atoms with van der Waals surface area (Å²) >= 11 is 5.88. The van der Waals surface area contributed by atoms with Gasteiger partial charge in [0.1, 0.15) is 11.3 Å². The fourth-order valence-electron chi connectivity index (χ4n) is 1.77. The van der Waals surface area contributed by atoms with Gasteiger partial charge in [-0.2, -0.15) is 0 Å². The quantitative estimate of drug-likeness (QED) is 0.888. The average molecular weight is 240 g/mol. The highest BCUT2D eigenvalue weighted by molar-refractivity contribution is 6.31. The standard InChI is InChI=1S/C11H14ClN3O/c1-2-10-14-9-6-8(12)7-13-11(9)15(10)4-3-5-16/h6-7,16H,2-5H2,1H3. The summed E-state index contributed by atoms with van der Waals surface area (Å²) in [5.41, 5.74) is 1.66. The third-order valence-electron chi connectivity index (χ3n) is 2.49. The van der Waals surface area contributed by atoms with Gasteiger partial charge in [0.05, 0.1) is 5.02 Å². The molecule has 5 heteroatoms. The lowest BCUT2D eigenvalue weighted by atomic mass is 10.4. The van der Waals surface area contributed by atoms with E-state index in [-0.39, 0.29) is 6.61 Å². The molecular weight excluding hydrogens is 226 g/mol. The molecule has 2 rings (SSSR count). The summed E-state index contributed by atoms with van der Waals surface area (Å²) in [6.07, 6.45) is 3.18.